The summed E-state index contributed by atoms with van der Waals surface area (Å²) in [6.07, 6.45) is 3.08. The Morgan fingerprint density at radius 3 is 2.94 bits per heavy atom. The van der Waals surface area contributed by atoms with Gasteiger partial charge in [0.25, 0.3) is 6.01 Å². The molecule has 17 heavy (non-hydrogen) atoms. The summed E-state index contributed by atoms with van der Waals surface area (Å²) in [6, 6.07) is 6.20. The summed E-state index contributed by atoms with van der Waals surface area (Å²) in [7, 11) is 0. The molecule has 0 saturated heterocycles. The van der Waals surface area contributed by atoms with E-state index in [4.69, 9.17) is 4.42 Å². The minimum Gasteiger partial charge on any atom is -0.423 e. The molecule has 6 heteroatoms. The van der Waals surface area contributed by atoms with Gasteiger partial charge in [-0.15, -0.1) is 0 Å². The van der Waals surface area contributed by atoms with E-state index in [0.29, 0.717) is 22.8 Å². The van der Waals surface area contributed by atoms with E-state index in [1.54, 1.807) is 18.3 Å². The normalized spacial score (nSPS) is 10.6. The second-order valence-corrected chi connectivity index (χ2v) is 3.39. The molecule has 2 aromatic heterocycles. The van der Waals surface area contributed by atoms with Crippen LogP contribution in [0.15, 0.2) is 41.1 Å². The molecule has 0 spiro atoms. The molecule has 0 aliphatic rings. The number of hydrogen-bond donors (Lipinski definition) is 1. The summed E-state index contributed by atoms with van der Waals surface area (Å²) in [5.74, 6) is -0.356. The van der Waals surface area contributed by atoms with Crippen molar-refractivity contribution in [2.45, 2.75) is 0 Å². The topological polar surface area (TPSA) is 63.8 Å². The summed E-state index contributed by atoms with van der Waals surface area (Å²) in [5.41, 5.74) is 1.69. The highest BCUT2D eigenvalue weighted by Crippen LogP contribution is 2.21. The molecule has 3 aromatic rings. The molecule has 0 atom stereocenters. The first-order valence-electron chi connectivity index (χ1n) is 4.91. The average Bonchev–Trinajstić information content (AvgIpc) is 2.71. The van der Waals surface area contributed by atoms with Gasteiger partial charge in [-0.1, -0.05) is 0 Å². The number of oxazole rings is 1. The summed E-state index contributed by atoms with van der Waals surface area (Å²) < 4.78 is 18.3. The van der Waals surface area contributed by atoms with Crippen LogP contribution in [-0.2, 0) is 0 Å². The van der Waals surface area contributed by atoms with Gasteiger partial charge < -0.3 is 9.73 Å². The van der Waals surface area contributed by atoms with Gasteiger partial charge in [-0.3, -0.25) is 0 Å². The van der Waals surface area contributed by atoms with E-state index in [-0.39, 0.29) is 5.82 Å². The first-order chi connectivity index (χ1) is 8.31. The summed E-state index contributed by atoms with van der Waals surface area (Å²) in [6.45, 7) is 0. The number of hydrogen-bond acceptors (Lipinski definition) is 5. The number of aromatic nitrogens is 3. The number of benzene rings is 1. The first kappa shape index (κ1) is 9.71. The lowest BCUT2D eigenvalue weighted by Crippen LogP contribution is -1.91. The van der Waals surface area contributed by atoms with Crippen LogP contribution in [-0.4, -0.2) is 15.2 Å². The fourth-order valence-corrected chi connectivity index (χ4v) is 1.44. The highest BCUT2D eigenvalue weighted by atomic mass is 19.1. The van der Waals surface area contributed by atoms with Crippen LogP contribution in [0.25, 0.3) is 11.1 Å². The quantitative estimate of drug-likeness (QED) is 0.732. The molecule has 0 saturated carbocycles. The fraction of sp³-hybridized carbons (Fsp3) is 0. The molecule has 0 aliphatic carbocycles. The zero-order valence-corrected chi connectivity index (χ0v) is 8.59. The van der Waals surface area contributed by atoms with E-state index in [1.165, 1.54) is 18.3 Å². The van der Waals surface area contributed by atoms with Crippen molar-refractivity contribution < 1.29 is 8.81 Å². The van der Waals surface area contributed by atoms with Crippen molar-refractivity contribution in [2.75, 3.05) is 5.32 Å². The molecular weight excluding hydrogens is 223 g/mol. The molecule has 0 radical (unpaired) electrons. The Balaban J connectivity index is 1.96. The van der Waals surface area contributed by atoms with Crippen LogP contribution in [0.1, 0.15) is 0 Å². The Morgan fingerprint density at radius 1 is 1.18 bits per heavy atom. The molecule has 1 N–H and O–H groups in total. The lowest BCUT2D eigenvalue weighted by Gasteiger charge is -1.97. The predicted octanol–water partition coefficient (Wildman–Crippen LogP) is 2.50. The second-order valence-electron chi connectivity index (χ2n) is 3.39. The molecule has 0 fully saturated rings. The van der Waals surface area contributed by atoms with Gasteiger partial charge in [-0.05, 0) is 18.2 Å². The standard InChI is InChI=1S/C11H7FN4O/c12-7-1-2-9-10(5-7)17-11(16-9)15-8-3-4-13-14-6-8/h1-6H,(H,13,15,16). The van der Waals surface area contributed by atoms with Crippen molar-refractivity contribution in [3.63, 3.8) is 0 Å². The minimum absolute atomic E-state index is 0.290. The maximum Gasteiger partial charge on any atom is 0.300 e. The Bertz CT molecular complexity index is 653. The molecule has 3 rings (SSSR count). The van der Waals surface area contributed by atoms with Crippen LogP contribution < -0.4 is 5.32 Å². The van der Waals surface area contributed by atoms with Gasteiger partial charge >= 0.3 is 0 Å². The molecule has 0 aliphatic heterocycles. The third-order valence-corrected chi connectivity index (χ3v) is 2.19. The maximum atomic E-state index is 12.9. The molecule has 5 nitrogen and oxygen atoms in total. The van der Waals surface area contributed by atoms with Crippen LogP contribution in [0.2, 0.25) is 0 Å². The van der Waals surface area contributed by atoms with Crippen LogP contribution in [0.4, 0.5) is 16.1 Å². The van der Waals surface area contributed by atoms with Gasteiger partial charge in [-0.2, -0.15) is 15.2 Å². The monoisotopic (exact) mass is 230 g/mol. The molecule has 84 valence electrons. The molecule has 0 bridgehead atoms. The molecular formula is C11H7FN4O. The van der Waals surface area contributed by atoms with E-state index >= 15 is 0 Å². The molecule has 0 unspecified atom stereocenters. The van der Waals surface area contributed by atoms with Crippen LogP contribution >= 0.6 is 0 Å². The highest BCUT2D eigenvalue weighted by molar-refractivity contribution is 5.75. The van der Waals surface area contributed by atoms with Crippen molar-refractivity contribution in [2.24, 2.45) is 0 Å². The Hall–Kier alpha value is -2.50. The van der Waals surface area contributed by atoms with Gasteiger partial charge in [0, 0.05) is 6.07 Å². The Morgan fingerprint density at radius 2 is 2.12 bits per heavy atom. The number of anilines is 2. The van der Waals surface area contributed by atoms with Gasteiger partial charge in [-0.25, -0.2) is 4.39 Å². The van der Waals surface area contributed by atoms with Crippen molar-refractivity contribution in [3.05, 3.63) is 42.5 Å². The van der Waals surface area contributed by atoms with Gasteiger partial charge in [0.05, 0.1) is 18.1 Å². The van der Waals surface area contributed by atoms with Crippen molar-refractivity contribution >= 4 is 22.8 Å². The third kappa shape index (κ3) is 1.92. The lowest BCUT2D eigenvalue weighted by atomic mass is 10.3. The Kier molecular flexibility index (Phi) is 2.18. The number of rotatable bonds is 2. The van der Waals surface area contributed by atoms with Gasteiger partial charge in [0.15, 0.2) is 5.58 Å². The van der Waals surface area contributed by atoms with E-state index in [0.717, 1.165) is 0 Å². The van der Waals surface area contributed by atoms with E-state index in [2.05, 4.69) is 20.5 Å². The second kappa shape index (κ2) is 3.82. The fourth-order valence-electron chi connectivity index (χ4n) is 1.44. The van der Waals surface area contributed by atoms with Crippen LogP contribution in [0, 0.1) is 5.82 Å². The smallest absolute Gasteiger partial charge is 0.300 e. The first-order valence-corrected chi connectivity index (χ1v) is 4.91. The maximum absolute atomic E-state index is 12.9. The van der Waals surface area contributed by atoms with Gasteiger partial charge in [0.1, 0.15) is 11.3 Å². The van der Waals surface area contributed by atoms with Gasteiger partial charge in [0.2, 0.25) is 0 Å². The predicted molar refractivity (Wildman–Crippen MR) is 59.3 cm³/mol. The molecule has 0 amide bonds. The summed E-state index contributed by atoms with van der Waals surface area (Å²) in [5, 5.41) is 10.3. The van der Waals surface area contributed by atoms with Crippen LogP contribution in [0.3, 0.4) is 0 Å². The average molecular weight is 230 g/mol. The zero-order valence-electron chi connectivity index (χ0n) is 8.59. The van der Waals surface area contributed by atoms with Crippen LogP contribution in [0.5, 0.6) is 0 Å². The van der Waals surface area contributed by atoms with Crippen molar-refractivity contribution in [1.82, 2.24) is 15.2 Å². The number of nitrogens with one attached hydrogen (secondary N) is 1. The number of nitrogens with zero attached hydrogens (tertiary/aromatic N) is 3. The summed E-state index contributed by atoms with van der Waals surface area (Å²) >= 11 is 0. The minimum atomic E-state index is -0.356. The zero-order chi connectivity index (χ0) is 11.7. The third-order valence-electron chi connectivity index (χ3n) is 2.19. The van der Waals surface area contributed by atoms with E-state index < -0.39 is 0 Å². The number of halogens is 1. The highest BCUT2D eigenvalue weighted by Gasteiger charge is 2.06. The summed E-state index contributed by atoms with van der Waals surface area (Å²) in [4.78, 5) is 4.16. The largest absolute Gasteiger partial charge is 0.423 e. The Labute approximate surface area is 95.3 Å². The van der Waals surface area contributed by atoms with E-state index in [1.807, 2.05) is 0 Å². The lowest BCUT2D eigenvalue weighted by molar-refractivity contribution is 0.604. The number of fused-ring (bicyclic) bond motifs is 1. The van der Waals surface area contributed by atoms with Crippen molar-refractivity contribution in [3.8, 4) is 0 Å². The SMILES string of the molecule is Fc1ccc2nc(Nc3ccnnc3)oc2c1. The van der Waals surface area contributed by atoms with E-state index in [9.17, 15) is 4.39 Å². The molecule has 1 aromatic carbocycles. The van der Waals surface area contributed by atoms with Crippen molar-refractivity contribution in [1.29, 1.82) is 0 Å². The molecule has 2 heterocycles.